The number of thiocarbonyl (C=S) groups is 1. The van der Waals surface area contributed by atoms with Gasteiger partial charge in [-0.05, 0) is 47.3 Å². The van der Waals surface area contributed by atoms with Gasteiger partial charge in [0, 0.05) is 5.69 Å². The van der Waals surface area contributed by atoms with Crippen LogP contribution in [-0.4, -0.2) is 11.2 Å². The van der Waals surface area contributed by atoms with Crippen LogP contribution in [0.15, 0.2) is 72.8 Å². The lowest BCUT2D eigenvalue weighted by atomic mass is 10.1. The summed E-state index contributed by atoms with van der Waals surface area (Å²) in [5.74, 6) is 0.462. The van der Waals surface area contributed by atoms with E-state index in [0.29, 0.717) is 5.75 Å². The number of amides is 1. The Labute approximate surface area is 139 Å². The minimum atomic E-state index is -0.631. The Morgan fingerprint density at radius 2 is 1.57 bits per heavy atom. The first-order valence-electron chi connectivity index (χ1n) is 7.04. The Hall–Kier alpha value is -2.92. The molecule has 0 radical (unpaired) electrons. The van der Waals surface area contributed by atoms with E-state index in [0.717, 1.165) is 16.5 Å². The summed E-state index contributed by atoms with van der Waals surface area (Å²) in [6.45, 7) is 0. The first-order valence-corrected chi connectivity index (χ1v) is 7.45. The summed E-state index contributed by atoms with van der Waals surface area (Å²) in [5.41, 5.74) is 0.795. The molecule has 0 fully saturated rings. The molecular weight excluding hydrogens is 308 g/mol. The average Bonchev–Trinajstić information content (AvgIpc) is 2.55. The molecule has 3 rings (SSSR count). The molecule has 0 unspecified atom stereocenters. The molecule has 0 spiro atoms. The highest BCUT2D eigenvalue weighted by atomic mass is 32.1. The molecule has 2 N–H and O–H groups in total. The van der Waals surface area contributed by atoms with Crippen LogP contribution in [0.2, 0.25) is 0 Å². The maximum Gasteiger partial charge on any atom is 0.418 e. The summed E-state index contributed by atoms with van der Waals surface area (Å²) in [7, 11) is 0. The zero-order valence-corrected chi connectivity index (χ0v) is 13.0. The highest BCUT2D eigenvalue weighted by molar-refractivity contribution is 7.80. The van der Waals surface area contributed by atoms with Crippen molar-refractivity contribution in [3.63, 3.8) is 0 Å². The molecule has 114 valence electrons. The second kappa shape index (κ2) is 6.89. The molecule has 0 aliphatic heterocycles. The van der Waals surface area contributed by atoms with Gasteiger partial charge in [-0.1, -0.05) is 48.5 Å². The van der Waals surface area contributed by atoms with E-state index in [1.165, 1.54) is 0 Å². The summed E-state index contributed by atoms with van der Waals surface area (Å²) >= 11 is 5.08. The van der Waals surface area contributed by atoms with Crippen LogP contribution in [0.4, 0.5) is 10.5 Å². The largest absolute Gasteiger partial charge is 0.418 e. The highest BCUT2D eigenvalue weighted by Gasteiger charge is 2.07. The number of carbonyl (C=O) groups is 1. The van der Waals surface area contributed by atoms with Crippen LogP contribution in [0.3, 0.4) is 0 Å². The van der Waals surface area contributed by atoms with Crippen molar-refractivity contribution >= 4 is 39.9 Å². The van der Waals surface area contributed by atoms with Crippen LogP contribution >= 0.6 is 12.2 Å². The van der Waals surface area contributed by atoms with Gasteiger partial charge in [-0.2, -0.15) is 0 Å². The van der Waals surface area contributed by atoms with Crippen molar-refractivity contribution in [2.24, 2.45) is 0 Å². The molecule has 3 aromatic carbocycles. The SMILES string of the molecule is O=C(NC(=S)Nc1ccccc1)Oc1ccc2ccccc2c1. The molecule has 0 saturated heterocycles. The predicted octanol–water partition coefficient (Wildman–Crippen LogP) is 4.33. The molecule has 0 aliphatic rings. The molecule has 0 bridgehead atoms. The van der Waals surface area contributed by atoms with E-state index in [4.69, 9.17) is 17.0 Å². The van der Waals surface area contributed by atoms with E-state index in [-0.39, 0.29) is 5.11 Å². The Morgan fingerprint density at radius 1 is 0.870 bits per heavy atom. The Balaban J connectivity index is 1.60. The maximum absolute atomic E-state index is 11.9. The number of para-hydroxylation sites is 1. The summed E-state index contributed by atoms with van der Waals surface area (Å²) in [4.78, 5) is 11.9. The van der Waals surface area contributed by atoms with Crippen LogP contribution in [0.25, 0.3) is 10.8 Å². The number of fused-ring (bicyclic) bond motifs is 1. The minimum Gasteiger partial charge on any atom is -0.410 e. The molecule has 0 saturated carbocycles. The third-order valence-electron chi connectivity index (χ3n) is 3.18. The fourth-order valence-corrected chi connectivity index (χ4v) is 2.34. The van der Waals surface area contributed by atoms with Crippen molar-refractivity contribution in [2.75, 3.05) is 5.32 Å². The first kappa shape index (κ1) is 15.0. The number of benzene rings is 3. The Bertz CT molecular complexity index is 850. The van der Waals surface area contributed by atoms with Crippen LogP contribution < -0.4 is 15.4 Å². The van der Waals surface area contributed by atoms with Crippen molar-refractivity contribution < 1.29 is 9.53 Å². The highest BCUT2D eigenvalue weighted by Crippen LogP contribution is 2.20. The first-order chi connectivity index (χ1) is 11.2. The number of carbonyl (C=O) groups excluding carboxylic acids is 1. The van der Waals surface area contributed by atoms with Gasteiger partial charge < -0.3 is 10.1 Å². The van der Waals surface area contributed by atoms with Gasteiger partial charge in [-0.15, -0.1) is 0 Å². The average molecular weight is 322 g/mol. The predicted molar refractivity (Wildman–Crippen MR) is 95.8 cm³/mol. The molecule has 0 aliphatic carbocycles. The van der Waals surface area contributed by atoms with Crippen LogP contribution in [-0.2, 0) is 0 Å². The number of hydrogen-bond donors (Lipinski definition) is 2. The van der Waals surface area contributed by atoms with Crippen molar-refractivity contribution in [1.29, 1.82) is 0 Å². The lowest BCUT2D eigenvalue weighted by Gasteiger charge is -2.10. The molecule has 23 heavy (non-hydrogen) atoms. The van der Waals surface area contributed by atoms with E-state index >= 15 is 0 Å². The standard InChI is InChI=1S/C18H14N2O2S/c21-18(20-17(23)19-15-8-2-1-3-9-15)22-16-11-10-13-6-4-5-7-14(13)12-16/h1-12H,(H2,19,20,21,23). The second-order valence-corrected chi connectivity index (χ2v) is 5.25. The number of hydrogen-bond acceptors (Lipinski definition) is 3. The van der Waals surface area contributed by atoms with Gasteiger partial charge in [-0.25, -0.2) is 4.79 Å². The summed E-state index contributed by atoms with van der Waals surface area (Å²) in [6, 6.07) is 22.7. The summed E-state index contributed by atoms with van der Waals surface area (Å²) in [5, 5.41) is 7.66. The zero-order chi connectivity index (χ0) is 16.1. The Morgan fingerprint density at radius 3 is 2.35 bits per heavy atom. The molecule has 0 aromatic heterocycles. The molecule has 1 amide bonds. The van der Waals surface area contributed by atoms with Crippen LogP contribution in [0.5, 0.6) is 5.75 Å². The smallest absolute Gasteiger partial charge is 0.410 e. The fourth-order valence-electron chi connectivity index (χ4n) is 2.14. The molecule has 0 heterocycles. The summed E-state index contributed by atoms with van der Waals surface area (Å²) in [6.07, 6.45) is -0.631. The van der Waals surface area contributed by atoms with Crippen molar-refractivity contribution in [3.05, 3.63) is 72.8 Å². The van der Waals surface area contributed by atoms with Crippen molar-refractivity contribution in [3.8, 4) is 5.75 Å². The van der Waals surface area contributed by atoms with Crippen molar-refractivity contribution in [2.45, 2.75) is 0 Å². The molecule has 3 aromatic rings. The lowest BCUT2D eigenvalue weighted by Crippen LogP contribution is -2.36. The third kappa shape index (κ3) is 4.05. The van der Waals surface area contributed by atoms with E-state index in [1.807, 2.05) is 66.7 Å². The van der Waals surface area contributed by atoms with E-state index in [2.05, 4.69) is 10.6 Å². The van der Waals surface area contributed by atoms with Gasteiger partial charge in [0.05, 0.1) is 0 Å². The maximum atomic E-state index is 11.9. The topological polar surface area (TPSA) is 50.4 Å². The molecular formula is C18H14N2O2S. The van der Waals surface area contributed by atoms with Gasteiger partial charge in [0.25, 0.3) is 0 Å². The van der Waals surface area contributed by atoms with Crippen molar-refractivity contribution in [1.82, 2.24) is 5.32 Å². The second-order valence-electron chi connectivity index (χ2n) is 4.84. The van der Waals surface area contributed by atoms with Gasteiger partial charge in [0.15, 0.2) is 5.11 Å². The van der Waals surface area contributed by atoms with Crippen LogP contribution in [0.1, 0.15) is 0 Å². The monoisotopic (exact) mass is 322 g/mol. The van der Waals surface area contributed by atoms with Gasteiger partial charge in [0.2, 0.25) is 0 Å². The van der Waals surface area contributed by atoms with E-state index < -0.39 is 6.09 Å². The number of anilines is 1. The quantitative estimate of drug-likeness (QED) is 0.690. The lowest BCUT2D eigenvalue weighted by molar-refractivity contribution is 0.206. The zero-order valence-electron chi connectivity index (χ0n) is 12.2. The molecule has 5 heteroatoms. The third-order valence-corrected chi connectivity index (χ3v) is 3.38. The van der Waals surface area contributed by atoms with Gasteiger partial charge in [0.1, 0.15) is 5.75 Å². The minimum absolute atomic E-state index is 0.182. The molecule has 0 atom stereocenters. The number of rotatable bonds is 2. The van der Waals surface area contributed by atoms with Gasteiger partial charge in [-0.3, -0.25) is 5.32 Å². The summed E-state index contributed by atoms with van der Waals surface area (Å²) < 4.78 is 5.25. The van der Waals surface area contributed by atoms with Gasteiger partial charge >= 0.3 is 6.09 Å². The fraction of sp³-hybridized carbons (Fsp3) is 0. The van der Waals surface area contributed by atoms with E-state index in [9.17, 15) is 4.79 Å². The Kier molecular flexibility index (Phi) is 4.49. The molecule has 4 nitrogen and oxygen atoms in total. The normalized spacial score (nSPS) is 10.1. The number of ether oxygens (including phenoxy) is 1. The number of nitrogens with one attached hydrogen (secondary N) is 2. The van der Waals surface area contributed by atoms with Crippen LogP contribution in [0, 0.1) is 0 Å². The van der Waals surface area contributed by atoms with E-state index in [1.54, 1.807) is 6.07 Å².